The van der Waals surface area contributed by atoms with Gasteiger partial charge in [0, 0.05) is 17.1 Å². The van der Waals surface area contributed by atoms with Crippen molar-refractivity contribution in [3.05, 3.63) is 57.8 Å². The molecule has 0 aliphatic carbocycles. The van der Waals surface area contributed by atoms with Crippen LogP contribution in [0.4, 0.5) is 4.79 Å². The van der Waals surface area contributed by atoms with E-state index >= 15 is 0 Å². The number of carbonyl (C=O) groups excluding carboxylic acids is 3. The molecule has 29 heavy (non-hydrogen) atoms. The SMILES string of the molecule is CCOC(=O)CN1C(=O)S/C(=C/c2cc(C)n(-c3ccc(C#N)cc3)c2C)C1=O. The third-order valence-corrected chi connectivity index (χ3v) is 5.39. The molecule has 0 atom stereocenters. The molecule has 0 radical (unpaired) electrons. The fourth-order valence-corrected chi connectivity index (χ4v) is 3.96. The Labute approximate surface area is 172 Å². The van der Waals surface area contributed by atoms with Crippen molar-refractivity contribution >= 4 is 35.0 Å². The second-order valence-corrected chi connectivity index (χ2v) is 7.39. The van der Waals surface area contributed by atoms with Gasteiger partial charge in [0.2, 0.25) is 0 Å². The summed E-state index contributed by atoms with van der Waals surface area (Å²) in [6.45, 7) is 5.32. The van der Waals surface area contributed by atoms with Crippen LogP contribution in [-0.4, -0.2) is 39.7 Å². The number of rotatable bonds is 5. The van der Waals surface area contributed by atoms with Gasteiger partial charge in [-0.05, 0) is 74.5 Å². The molecule has 2 heterocycles. The Hall–Kier alpha value is -3.31. The van der Waals surface area contributed by atoms with Crippen LogP contribution in [0.5, 0.6) is 0 Å². The minimum Gasteiger partial charge on any atom is -0.465 e. The van der Waals surface area contributed by atoms with Crippen LogP contribution < -0.4 is 0 Å². The predicted molar refractivity (Wildman–Crippen MR) is 109 cm³/mol. The van der Waals surface area contributed by atoms with Crippen LogP contribution in [-0.2, 0) is 14.3 Å². The number of hydrogen-bond acceptors (Lipinski definition) is 6. The van der Waals surface area contributed by atoms with E-state index in [9.17, 15) is 14.4 Å². The highest BCUT2D eigenvalue weighted by Crippen LogP contribution is 2.33. The summed E-state index contributed by atoms with van der Waals surface area (Å²) >= 11 is 0.807. The zero-order chi connectivity index (χ0) is 21.1. The number of aromatic nitrogens is 1. The summed E-state index contributed by atoms with van der Waals surface area (Å²) in [5.74, 6) is -1.12. The number of imide groups is 1. The molecule has 1 aromatic heterocycles. The highest BCUT2D eigenvalue weighted by Gasteiger charge is 2.36. The van der Waals surface area contributed by atoms with Crippen molar-refractivity contribution < 1.29 is 19.1 Å². The lowest BCUT2D eigenvalue weighted by Gasteiger charge is -2.11. The van der Waals surface area contributed by atoms with Gasteiger partial charge < -0.3 is 9.30 Å². The molecular formula is C21H19N3O4S. The summed E-state index contributed by atoms with van der Waals surface area (Å²) in [5.41, 5.74) is 4.11. The van der Waals surface area contributed by atoms with E-state index in [1.807, 2.05) is 36.6 Å². The van der Waals surface area contributed by atoms with E-state index in [-0.39, 0.29) is 18.1 Å². The van der Waals surface area contributed by atoms with E-state index in [0.717, 1.165) is 39.3 Å². The van der Waals surface area contributed by atoms with E-state index in [0.29, 0.717) is 5.56 Å². The molecule has 0 saturated carbocycles. The first-order valence-electron chi connectivity index (χ1n) is 8.96. The second-order valence-electron chi connectivity index (χ2n) is 6.39. The van der Waals surface area contributed by atoms with E-state index in [2.05, 4.69) is 6.07 Å². The fraction of sp³-hybridized carbons (Fsp3) is 0.238. The van der Waals surface area contributed by atoms with Crippen LogP contribution in [0, 0.1) is 25.2 Å². The molecule has 0 bridgehead atoms. The number of aryl methyl sites for hydroxylation is 1. The van der Waals surface area contributed by atoms with E-state index in [1.165, 1.54) is 0 Å². The molecule has 3 rings (SSSR count). The molecule has 2 aromatic rings. The van der Waals surface area contributed by atoms with E-state index in [1.54, 1.807) is 25.1 Å². The first kappa shape index (κ1) is 20.4. The van der Waals surface area contributed by atoms with Crippen LogP contribution >= 0.6 is 11.8 Å². The van der Waals surface area contributed by atoms with Crippen molar-refractivity contribution in [2.45, 2.75) is 20.8 Å². The van der Waals surface area contributed by atoms with Gasteiger partial charge in [0.15, 0.2) is 0 Å². The smallest absolute Gasteiger partial charge is 0.326 e. The summed E-state index contributed by atoms with van der Waals surface area (Å²) < 4.78 is 6.83. The highest BCUT2D eigenvalue weighted by molar-refractivity contribution is 8.18. The summed E-state index contributed by atoms with van der Waals surface area (Å²) in [7, 11) is 0. The Morgan fingerprint density at radius 1 is 1.24 bits per heavy atom. The number of benzene rings is 1. The third-order valence-electron chi connectivity index (χ3n) is 4.48. The lowest BCUT2D eigenvalue weighted by Crippen LogP contribution is -2.34. The number of nitriles is 1. The normalized spacial score (nSPS) is 15.1. The van der Waals surface area contributed by atoms with Gasteiger partial charge in [-0.25, -0.2) is 0 Å². The van der Waals surface area contributed by atoms with Crippen molar-refractivity contribution in [2.24, 2.45) is 0 Å². The van der Waals surface area contributed by atoms with Crippen molar-refractivity contribution in [1.82, 2.24) is 9.47 Å². The molecule has 1 aliphatic rings. The maximum absolute atomic E-state index is 12.6. The van der Waals surface area contributed by atoms with Gasteiger partial charge in [0.1, 0.15) is 6.54 Å². The molecule has 8 heteroatoms. The van der Waals surface area contributed by atoms with E-state index < -0.39 is 17.1 Å². The van der Waals surface area contributed by atoms with Gasteiger partial charge in [0.25, 0.3) is 11.1 Å². The highest BCUT2D eigenvalue weighted by atomic mass is 32.2. The monoisotopic (exact) mass is 409 g/mol. The number of carbonyl (C=O) groups is 3. The Bertz CT molecular complexity index is 1060. The standard InChI is InChI=1S/C21H19N3O4S/c1-4-28-19(25)12-23-20(26)18(29-21(23)27)10-16-9-13(2)24(14(16)3)17-7-5-15(11-22)6-8-17/h5-10H,4,12H2,1-3H3/b18-10+. The van der Waals surface area contributed by atoms with Gasteiger partial charge in [-0.3, -0.25) is 19.3 Å². The maximum Gasteiger partial charge on any atom is 0.326 e. The average molecular weight is 409 g/mol. The van der Waals surface area contributed by atoms with Crippen LogP contribution in [0.1, 0.15) is 29.4 Å². The first-order valence-corrected chi connectivity index (χ1v) is 9.77. The van der Waals surface area contributed by atoms with Crippen molar-refractivity contribution in [3.63, 3.8) is 0 Å². The topological polar surface area (TPSA) is 92.4 Å². The Kier molecular flexibility index (Phi) is 5.89. The summed E-state index contributed by atoms with van der Waals surface area (Å²) in [5, 5.41) is 8.47. The van der Waals surface area contributed by atoms with Crippen LogP contribution in [0.2, 0.25) is 0 Å². The van der Waals surface area contributed by atoms with Crippen LogP contribution in [0.15, 0.2) is 35.2 Å². The molecule has 148 valence electrons. The molecule has 1 saturated heterocycles. The van der Waals surface area contributed by atoms with Crippen molar-refractivity contribution in [2.75, 3.05) is 13.2 Å². The number of hydrogen-bond donors (Lipinski definition) is 0. The zero-order valence-electron chi connectivity index (χ0n) is 16.3. The quantitative estimate of drug-likeness (QED) is 0.554. The maximum atomic E-state index is 12.6. The number of amides is 2. The van der Waals surface area contributed by atoms with Gasteiger partial charge in [-0.15, -0.1) is 0 Å². The molecule has 2 amide bonds. The Balaban J connectivity index is 1.89. The van der Waals surface area contributed by atoms with Crippen molar-refractivity contribution in [1.29, 1.82) is 5.26 Å². The number of nitrogens with zero attached hydrogens (tertiary/aromatic N) is 3. The first-order chi connectivity index (χ1) is 13.8. The molecule has 0 spiro atoms. The second kappa shape index (κ2) is 8.37. The molecule has 7 nitrogen and oxygen atoms in total. The zero-order valence-corrected chi connectivity index (χ0v) is 17.1. The average Bonchev–Trinajstić information content (AvgIpc) is 3.12. The van der Waals surface area contributed by atoms with Crippen molar-refractivity contribution in [3.8, 4) is 11.8 Å². The number of esters is 1. The molecule has 0 N–H and O–H groups in total. The number of ether oxygens (including phenoxy) is 1. The van der Waals surface area contributed by atoms with Crippen LogP contribution in [0.3, 0.4) is 0 Å². The summed E-state index contributed by atoms with van der Waals surface area (Å²) in [6.07, 6.45) is 1.67. The lowest BCUT2D eigenvalue weighted by molar-refractivity contribution is -0.145. The largest absolute Gasteiger partial charge is 0.465 e. The minimum atomic E-state index is -0.616. The Morgan fingerprint density at radius 2 is 1.93 bits per heavy atom. The fourth-order valence-electron chi connectivity index (χ4n) is 3.13. The summed E-state index contributed by atoms with van der Waals surface area (Å²) in [6, 6.07) is 11.2. The molecule has 1 aromatic carbocycles. The van der Waals surface area contributed by atoms with Gasteiger partial charge in [-0.1, -0.05) is 0 Å². The lowest BCUT2D eigenvalue weighted by atomic mass is 10.2. The van der Waals surface area contributed by atoms with Crippen LogP contribution in [0.25, 0.3) is 11.8 Å². The molecule has 1 aliphatic heterocycles. The third kappa shape index (κ3) is 4.10. The Morgan fingerprint density at radius 3 is 2.55 bits per heavy atom. The van der Waals surface area contributed by atoms with Gasteiger partial charge in [-0.2, -0.15) is 5.26 Å². The number of thioether (sulfide) groups is 1. The van der Waals surface area contributed by atoms with Gasteiger partial charge in [0.05, 0.1) is 23.1 Å². The van der Waals surface area contributed by atoms with Gasteiger partial charge >= 0.3 is 5.97 Å². The van der Waals surface area contributed by atoms with E-state index in [4.69, 9.17) is 10.00 Å². The summed E-state index contributed by atoms with van der Waals surface area (Å²) in [4.78, 5) is 37.5. The predicted octanol–water partition coefficient (Wildman–Crippen LogP) is 3.57. The molecule has 0 unspecified atom stereocenters. The molecule has 1 fully saturated rings. The molecular weight excluding hydrogens is 390 g/mol. The minimum absolute atomic E-state index is 0.187.